The number of carbonyl (C=O) groups excluding carboxylic acids is 3. The van der Waals surface area contributed by atoms with E-state index in [-0.39, 0.29) is 87.1 Å². The summed E-state index contributed by atoms with van der Waals surface area (Å²) < 4.78 is 28.5. The minimum Gasteiger partial charge on any atom is -0.502 e. The molecule has 16 nitrogen and oxygen atoms in total. The molecule has 0 aliphatic rings. The second-order valence-corrected chi connectivity index (χ2v) is 18.5. The number of nitrogens with zero attached hydrogens (tertiary/aromatic N) is 5. The fourth-order valence-electron chi connectivity index (χ4n) is 7.89. The van der Waals surface area contributed by atoms with E-state index >= 15 is 0 Å². The smallest absolute Gasteiger partial charge is 0.329 e. The molecule has 0 saturated heterocycles. The number of amides is 2. The minimum absolute atomic E-state index is 0. The number of benzene rings is 7. The largest absolute Gasteiger partial charge is 0.502 e. The predicted octanol–water partition coefficient (Wildman–Crippen LogP) is 12.5. The summed E-state index contributed by atoms with van der Waals surface area (Å²) in [6.07, 6.45) is -0.0699. The molecule has 0 fully saturated rings. The van der Waals surface area contributed by atoms with E-state index in [4.69, 9.17) is 36.8 Å². The van der Waals surface area contributed by atoms with Gasteiger partial charge in [-0.2, -0.15) is 15.8 Å². The summed E-state index contributed by atoms with van der Waals surface area (Å²) in [5.74, 6) is -0.413. The van der Waals surface area contributed by atoms with Crippen LogP contribution in [0.1, 0.15) is 108 Å². The molecule has 418 valence electrons. The molecule has 2 amide bonds. The lowest BCUT2D eigenvalue weighted by molar-refractivity contribution is -0.147. The monoisotopic (exact) mass is 1100 g/mol. The van der Waals surface area contributed by atoms with Gasteiger partial charge in [0.2, 0.25) is 17.3 Å². The minimum atomic E-state index is -1.16. The number of rotatable bonds is 22. The third-order valence-electron chi connectivity index (χ3n) is 11.7. The van der Waals surface area contributed by atoms with E-state index < -0.39 is 29.9 Å². The van der Waals surface area contributed by atoms with Crippen LogP contribution in [-0.2, 0) is 42.2 Å². The van der Waals surface area contributed by atoms with Gasteiger partial charge in [0.15, 0.2) is 0 Å². The van der Waals surface area contributed by atoms with Gasteiger partial charge in [-0.05, 0) is 117 Å². The maximum Gasteiger partial charge on any atom is 0.329 e. The molecule has 7 rings (SSSR count). The summed E-state index contributed by atoms with van der Waals surface area (Å²) >= 11 is 0. The first-order chi connectivity index (χ1) is 38.7. The number of nitrogens with one attached hydrogen (secondary N) is 2. The van der Waals surface area contributed by atoms with Crippen LogP contribution in [0.15, 0.2) is 158 Å². The maximum atomic E-state index is 13.4. The van der Waals surface area contributed by atoms with Crippen molar-refractivity contribution in [1.82, 2.24) is 10.6 Å². The number of esters is 1. The second-order valence-electron chi connectivity index (χ2n) is 18.5. The highest BCUT2D eigenvalue weighted by molar-refractivity contribution is 5.99. The number of hydrogen-bond acceptors (Lipinski definition) is 12. The molecule has 0 saturated carbocycles. The van der Waals surface area contributed by atoms with Gasteiger partial charge in [-0.1, -0.05) is 118 Å². The topological polar surface area (TPSA) is 222 Å². The number of nitriles is 3. The van der Waals surface area contributed by atoms with Crippen molar-refractivity contribution in [3.8, 4) is 41.2 Å². The lowest BCUT2D eigenvalue weighted by Gasteiger charge is -2.19. The number of hydrogen-bond donors (Lipinski definition) is 3. The molecule has 3 N–H and O–H groups in total. The van der Waals surface area contributed by atoms with Gasteiger partial charge in [0.05, 0.1) is 54.7 Å². The highest BCUT2D eigenvalue weighted by atomic mass is 16.5. The lowest BCUT2D eigenvalue weighted by Crippen LogP contribution is -2.43. The van der Waals surface area contributed by atoms with Crippen LogP contribution in [0.3, 0.4) is 0 Å². The number of aliphatic hydroxyl groups is 1. The van der Waals surface area contributed by atoms with Crippen LogP contribution < -0.4 is 29.6 Å². The molecule has 0 radical (unpaired) electrons. The Bertz CT molecular complexity index is 3450. The Balaban J connectivity index is 0.000000354. The van der Waals surface area contributed by atoms with Crippen molar-refractivity contribution in [3.05, 3.63) is 236 Å². The van der Waals surface area contributed by atoms with Gasteiger partial charge in [-0.15, -0.1) is 0 Å². The summed E-state index contributed by atoms with van der Waals surface area (Å²) in [7, 11) is 0. The van der Waals surface area contributed by atoms with E-state index in [2.05, 4.69) is 32.5 Å². The van der Waals surface area contributed by atoms with E-state index in [9.17, 15) is 35.3 Å². The fraction of sp³-hybridized carbons (Fsp3) is 0.242. The average Bonchev–Trinajstić information content (AvgIpc) is 3.69. The molecule has 0 spiro atoms. The van der Waals surface area contributed by atoms with Gasteiger partial charge >= 0.3 is 5.97 Å². The number of ether oxygens (including phenoxy) is 5. The highest BCUT2D eigenvalue weighted by Crippen LogP contribution is 2.34. The Morgan fingerprint density at radius 2 is 0.988 bits per heavy atom. The summed E-state index contributed by atoms with van der Waals surface area (Å²) in [6.45, 7) is 22.5. The SMILES string of the molecule is C.C.[C-]#[N+]c1cc(C(=O)NC(CO)Cc2ccc(OCc3ccccc3)c(C#N)c2)ccc1OC(C)C.[C-]#[N+]c1cc(C(=O)NC(Cc2ccc(OCc3ccccc3)c(C#N)c2)C(=O)OCc2ccccc2)cc(C#N)c1OC(C)C. The molecular weight excluding hydrogens is 1030 g/mol. The Morgan fingerprint density at radius 1 is 0.524 bits per heavy atom. The molecule has 16 heteroatoms. The highest BCUT2D eigenvalue weighted by Gasteiger charge is 2.26. The summed E-state index contributed by atoms with van der Waals surface area (Å²) in [6, 6.07) is 50.3. The van der Waals surface area contributed by atoms with Crippen molar-refractivity contribution in [2.45, 2.75) is 99.5 Å². The van der Waals surface area contributed by atoms with Crippen LogP contribution in [-0.4, -0.2) is 53.8 Å². The number of carbonyl (C=O) groups is 3. The Morgan fingerprint density at radius 3 is 1.46 bits per heavy atom. The zero-order chi connectivity index (χ0) is 57.4. The van der Waals surface area contributed by atoms with Crippen molar-refractivity contribution in [3.63, 3.8) is 0 Å². The van der Waals surface area contributed by atoms with Crippen molar-refractivity contribution in [1.29, 1.82) is 15.8 Å². The average molecular weight is 1100 g/mol. The fourth-order valence-corrected chi connectivity index (χ4v) is 7.89. The maximum absolute atomic E-state index is 13.4. The zero-order valence-electron chi connectivity index (χ0n) is 44.5. The van der Waals surface area contributed by atoms with Gasteiger partial charge in [0.1, 0.15) is 67.1 Å². The number of aliphatic hydroxyl groups excluding tert-OH is 1. The van der Waals surface area contributed by atoms with E-state index in [1.54, 1.807) is 56.3 Å². The molecule has 7 aromatic rings. The molecule has 82 heavy (non-hydrogen) atoms. The van der Waals surface area contributed by atoms with Gasteiger partial charge in [0.25, 0.3) is 5.91 Å². The van der Waals surface area contributed by atoms with Crippen molar-refractivity contribution >= 4 is 29.2 Å². The standard InChI is InChI=1S/C36H30N4O5.C28H27N3O4.2CH4/c1-24(2)45-34-30(21-38)18-28(19-31(34)39-3)35(41)40-32(36(42)44-23-26-12-8-5-9-13-26)17-27-14-15-33(29(16-27)20-37)43-22-25-10-6-4-7-11-25;1-19(2)35-27-12-10-22(15-25(27)30-3)28(33)31-24(17-32)14-21-9-11-26(23(13-21)16-29)34-18-20-7-5-4-6-8-20;;/h4-16,18-19,24,32H,17,22-23H2,1-2H3,(H,40,41);4-13,15,19,24,32H,14,17-18H2,1-2H3,(H,31,33);2*1H4. The normalized spacial score (nSPS) is 10.8. The lowest BCUT2D eigenvalue weighted by atomic mass is 10.0. The molecule has 2 atom stereocenters. The Hall–Kier alpha value is -10.4. The van der Waals surface area contributed by atoms with Gasteiger partial charge < -0.3 is 39.4 Å². The first-order valence-electron chi connectivity index (χ1n) is 25.4. The van der Waals surface area contributed by atoms with Crippen LogP contribution in [0, 0.1) is 47.1 Å². The molecule has 0 aromatic heterocycles. The molecule has 0 bridgehead atoms. The molecule has 7 aromatic carbocycles. The van der Waals surface area contributed by atoms with Crippen molar-refractivity contribution < 1.29 is 43.2 Å². The van der Waals surface area contributed by atoms with Crippen LogP contribution in [0.2, 0.25) is 0 Å². The molecule has 0 aliphatic heterocycles. The van der Waals surface area contributed by atoms with E-state index in [1.165, 1.54) is 18.2 Å². The predicted molar refractivity (Wildman–Crippen MR) is 312 cm³/mol. The molecule has 2 unspecified atom stereocenters. The first-order valence-corrected chi connectivity index (χ1v) is 25.4. The third-order valence-corrected chi connectivity index (χ3v) is 11.7. The quantitative estimate of drug-likeness (QED) is 0.0426. The zero-order valence-corrected chi connectivity index (χ0v) is 44.5. The van der Waals surface area contributed by atoms with Crippen molar-refractivity contribution in [2.24, 2.45) is 0 Å². The van der Waals surface area contributed by atoms with Crippen LogP contribution in [0.5, 0.6) is 23.0 Å². The van der Waals surface area contributed by atoms with E-state index in [1.807, 2.05) is 117 Å². The van der Waals surface area contributed by atoms with Gasteiger partial charge in [0, 0.05) is 17.5 Å². The molecule has 0 heterocycles. The van der Waals surface area contributed by atoms with Crippen molar-refractivity contribution in [2.75, 3.05) is 6.61 Å². The van der Waals surface area contributed by atoms with Crippen LogP contribution in [0.4, 0.5) is 11.4 Å². The van der Waals surface area contributed by atoms with Crippen LogP contribution in [0.25, 0.3) is 9.69 Å². The molecule has 0 aliphatic carbocycles. The first kappa shape index (κ1) is 64.1. The Kier molecular flexibility index (Phi) is 25.4. The van der Waals surface area contributed by atoms with Gasteiger partial charge in [-0.25, -0.2) is 14.5 Å². The summed E-state index contributed by atoms with van der Waals surface area (Å²) in [5, 5.41) is 44.4. The Labute approximate surface area is 480 Å². The van der Waals surface area contributed by atoms with E-state index in [0.29, 0.717) is 47.0 Å². The third kappa shape index (κ3) is 18.9. The molecular formula is C66H65N7O9. The van der Waals surface area contributed by atoms with Crippen LogP contribution >= 0.6 is 0 Å². The van der Waals surface area contributed by atoms with E-state index in [0.717, 1.165) is 22.3 Å². The summed E-state index contributed by atoms with van der Waals surface area (Å²) in [4.78, 5) is 46.4. The second kappa shape index (κ2) is 32.5. The van der Waals surface area contributed by atoms with Gasteiger partial charge in [-0.3, -0.25) is 9.59 Å². The summed E-state index contributed by atoms with van der Waals surface area (Å²) in [5.41, 5.74) is 5.29.